The molecule has 2 aromatic carbocycles. The highest BCUT2D eigenvalue weighted by Gasteiger charge is 2.09. The molecule has 0 fully saturated rings. The molecular formula is C17H16N4O3. The van der Waals surface area contributed by atoms with Gasteiger partial charge in [-0.05, 0) is 25.0 Å². The average Bonchev–Trinajstić information content (AvgIpc) is 3.02. The van der Waals surface area contributed by atoms with Crippen molar-refractivity contribution in [3.63, 3.8) is 0 Å². The molecule has 0 unspecified atom stereocenters. The zero-order chi connectivity index (χ0) is 16.9. The van der Waals surface area contributed by atoms with Crippen LogP contribution in [0.25, 0.3) is 0 Å². The highest BCUT2D eigenvalue weighted by atomic mass is 16.6. The van der Waals surface area contributed by atoms with Crippen LogP contribution in [0.1, 0.15) is 17.0 Å². The number of benzene rings is 2. The third-order valence-electron chi connectivity index (χ3n) is 3.52. The van der Waals surface area contributed by atoms with Crippen molar-refractivity contribution < 1.29 is 9.34 Å². The molecule has 7 nitrogen and oxygen atoms in total. The molecule has 1 heterocycles. The van der Waals surface area contributed by atoms with Gasteiger partial charge in [-0.3, -0.25) is 10.1 Å². The summed E-state index contributed by atoms with van der Waals surface area (Å²) >= 11 is 0. The topological polar surface area (TPSA) is 94.1 Å². The molecule has 122 valence electrons. The van der Waals surface area contributed by atoms with Crippen molar-refractivity contribution >= 4 is 17.4 Å². The van der Waals surface area contributed by atoms with E-state index in [2.05, 4.69) is 39.8 Å². The molecule has 7 heteroatoms. The number of nitrogens with zero attached hydrogens (tertiary/aromatic N) is 3. The number of nitro groups is 1. The molecule has 0 amide bonds. The fourth-order valence-corrected chi connectivity index (χ4v) is 2.23. The number of rotatable bonds is 6. The van der Waals surface area contributed by atoms with E-state index < -0.39 is 4.92 Å². The zero-order valence-electron chi connectivity index (χ0n) is 13.1. The van der Waals surface area contributed by atoms with Crippen LogP contribution < -0.4 is 5.32 Å². The zero-order valence-corrected chi connectivity index (χ0v) is 13.1. The SMILES string of the molecule is Cc1ccc(CCc2nnc(Nc3cccc([N+](=O)[O-])c3)o2)cc1. The van der Waals surface area contributed by atoms with Crippen molar-refractivity contribution in [3.8, 4) is 0 Å². The maximum Gasteiger partial charge on any atom is 0.320 e. The number of hydrogen-bond acceptors (Lipinski definition) is 6. The number of hydrogen-bond donors (Lipinski definition) is 1. The average molecular weight is 324 g/mol. The van der Waals surface area contributed by atoms with Gasteiger partial charge in [-0.2, -0.15) is 0 Å². The van der Waals surface area contributed by atoms with Crippen LogP contribution in [-0.4, -0.2) is 15.1 Å². The third-order valence-corrected chi connectivity index (χ3v) is 3.52. The van der Waals surface area contributed by atoms with Crippen LogP contribution in [0.4, 0.5) is 17.4 Å². The number of aryl methyl sites for hydroxylation is 3. The van der Waals surface area contributed by atoms with Crippen LogP contribution >= 0.6 is 0 Å². The first-order valence-electron chi connectivity index (χ1n) is 7.49. The first-order chi connectivity index (χ1) is 11.6. The number of anilines is 2. The first kappa shape index (κ1) is 15.7. The Bertz CT molecular complexity index is 843. The summed E-state index contributed by atoms with van der Waals surface area (Å²) in [4.78, 5) is 10.3. The highest BCUT2D eigenvalue weighted by molar-refractivity contribution is 5.56. The first-order valence-corrected chi connectivity index (χ1v) is 7.49. The van der Waals surface area contributed by atoms with E-state index in [0.717, 1.165) is 6.42 Å². The van der Waals surface area contributed by atoms with Crippen LogP contribution in [0.2, 0.25) is 0 Å². The molecule has 24 heavy (non-hydrogen) atoms. The molecule has 0 aliphatic carbocycles. The molecule has 0 saturated carbocycles. The van der Waals surface area contributed by atoms with Crippen molar-refractivity contribution in [2.24, 2.45) is 0 Å². The van der Waals surface area contributed by atoms with Gasteiger partial charge >= 0.3 is 6.01 Å². The van der Waals surface area contributed by atoms with Crippen molar-refractivity contribution in [3.05, 3.63) is 75.7 Å². The molecule has 1 N–H and O–H groups in total. The maximum atomic E-state index is 10.8. The van der Waals surface area contributed by atoms with E-state index in [0.29, 0.717) is 18.0 Å². The van der Waals surface area contributed by atoms with E-state index in [4.69, 9.17) is 4.42 Å². The highest BCUT2D eigenvalue weighted by Crippen LogP contribution is 2.21. The fourth-order valence-electron chi connectivity index (χ4n) is 2.23. The second kappa shape index (κ2) is 6.91. The van der Waals surface area contributed by atoms with E-state index in [-0.39, 0.29) is 11.7 Å². The molecule has 1 aromatic heterocycles. The summed E-state index contributed by atoms with van der Waals surface area (Å²) in [5.41, 5.74) is 2.95. The lowest BCUT2D eigenvalue weighted by Crippen LogP contribution is -1.93. The van der Waals surface area contributed by atoms with Gasteiger partial charge in [0, 0.05) is 24.2 Å². The smallest absolute Gasteiger partial charge is 0.320 e. The van der Waals surface area contributed by atoms with E-state index in [1.54, 1.807) is 12.1 Å². The van der Waals surface area contributed by atoms with Gasteiger partial charge < -0.3 is 9.73 Å². The van der Waals surface area contributed by atoms with Gasteiger partial charge in [-0.15, -0.1) is 5.10 Å². The quantitative estimate of drug-likeness (QED) is 0.547. The van der Waals surface area contributed by atoms with Gasteiger partial charge in [-0.25, -0.2) is 0 Å². The summed E-state index contributed by atoms with van der Waals surface area (Å²) in [5, 5.41) is 21.6. The summed E-state index contributed by atoms with van der Waals surface area (Å²) in [6, 6.07) is 14.6. The molecule has 3 rings (SSSR count). The molecule has 3 aromatic rings. The van der Waals surface area contributed by atoms with Gasteiger partial charge in [0.2, 0.25) is 5.89 Å². The monoisotopic (exact) mass is 324 g/mol. The standard InChI is InChI=1S/C17H16N4O3/c1-12-5-7-13(8-6-12)9-10-16-19-20-17(24-16)18-14-3-2-4-15(11-14)21(22)23/h2-8,11H,9-10H2,1H3,(H,18,20). The normalized spacial score (nSPS) is 10.5. The third kappa shape index (κ3) is 3.95. The molecule has 0 radical (unpaired) electrons. The minimum absolute atomic E-state index is 0.000824. The van der Waals surface area contributed by atoms with E-state index in [9.17, 15) is 10.1 Å². The van der Waals surface area contributed by atoms with Crippen molar-refractivity contribution in [1.82, 2.24) is 10.2 Å². The summed E-state index contributed by atoms with van der Waals surface area (Å²) in [6.45, 7) is 2.05. The Kier molecular flexibility index (Phi) is 4.51. The Hall–Kier alpha value is -3.22. The van der Waals surface area contributed by atoms with Crippen molar-refractivity contribution in [2.45, 2.75) is 19.8 Å². The van der Waals surface area contributed by atoms with Crippen LogP contribution in [0.15, 0.2) is 52.9 Å². The maximum absolute atomic E-state index is 10.8. The fraction of sp³-hybridized carbons (Fsp3) is 0.176. The van der Waals surface area contributed by atoms with Crippen LogP contribution in [0, 0.1) is 17.0 Å². The molecule has 0 aliphatic rings. The summed E-state index contributed by atoms with van der Waals surface area (Å²) in [6.07, 6.45) is 1.44. The predicted octanol–water partition coefficient (Wildman–Crippen LogP) is 3.82. The summed E-state index contributed by atoms with van der Waals surface area (Å²) in [5.74, 6) is 0.517. The van der Waals surface area contributed by atoms with Gasteiger partial charge in [0.05, 0.1) is 4.92 Å². The Morgan fingerprint density at radius 1 is 1.12 bits per heavy atom. The van der Waals surface area contributed by atoms with Gasteiger partial charge in [0.1, 0.15) is 0 Å². The minimum Gasteiger partial charge on any atom is -0.408 e. The summed E-state index contributed by atoms with van der Waals surface area (Å²) < 4.78 is 5.53. The van der Waals surface area contributed by atoms with Crippen LogP contribution in [0.5, 0.6) is 0 Å². The lowest BCUT2D eigenvalue weighted by atomic mass is 10.1. The van der Waals surface area contributed by atoms with Gasteiger partial charge in [0.25, 0.3) is 5.69 Å². The largest absolute Gasteiger partial charge is 0.408 e. The Morgan fingerprint density at radius 2 is 1.92 bits per heavy atom. The van der Waals surface area contributed by atoms with E-state index in [1.807, 2.05) is 6.92 Å². The van der Waals surface area contributed by atoms with Crippen LogP contribution in [-0.2, 0) is 12.8 Å². The molecule has 0 spiro atoms. The molecule has 0 saturated heterocycles. The number of non-ortho nitro benzene ring substituents is 1. The number of nitrogens with one attached hydrogen (secondary N) is 1. The molecule has 0 bridgehead atoms. The number of nitro benzene ring substituents is 1. The van der Waals surface area contributed by atoms with E-state index in [1.165, 1.54) is 23.3 Å². The minimum atomic E-state index is -0.452. The molecule has 0 atom stereocenters. The predicted molar refractivity (Wildman–Crippen MR) is 89.3 cm³/mol. The van der Waals surface area contributed by atoms with E-state index >= 15 is 0 Å². The van der Waals surface area contributed by atoms with Crippen molar-refractivity contribution in [2.75, 3.05) is 5.32 Å². The van der Waals surface area contributed by atoms with Crippen LogP contribution in [0.3, 0.4) is 0 Å². The Labute approximate surface area is 138 Å². The van der Waals surface area contributed by atoms with Gasteiger partial charge in [-0.1, -0.05) is 41.0 Å². The second-order valence-electron chi connectivity index (χ2n) is 5.42. The lowest BCUT2D eigenvalue weighted by Gasteiger charge is -2.01. The van der Waals surface area contributed by atoms with Crippen molar-refractivity contribution in [1.29, 1.82) is 0 Å². The molecular weight excluding hydrogens is 308 g/mol. The Morgan fingerprint density at radius 3 is 2.67 bits per heavy atom. The van der Waals surface area contributed by atoms with Gasteiger partial charge in [0.15, 0.2) is 0 Å². The summed E-state index contributed by atoms with van der Waals surface area (Å²) in [7, 11) is 0. The lowest BCUT2D eigenvalue weighted by molar-refractivity contribution is -0.384. The Balaban J connectivity index is 1.62. The number of aromatic nitrogens is 2. The molecule has 0 aliphatic heterocycles. The second-order valence-corrected chi connectivity index (χ2v) is 5.42.